The lowest BCUT2D eigenvalue weighted by Crippen LogP contribution is -2.42. The first-order chi connectivity index (χ1) is 13.3. The lowest BCUT2D eigenvalue weighted by molar-refractivity contribution is -0.120. The number of benzene rings is 2. The lowest BCUT2D eigenvalue weighted by atomic mass is 9.67. The molecule has 2 aromatic carbocycles. The minimum absolute atomic E-state index is 0.0101. The number of hydrogen-bond donors (Lipinski definition) is 4. The van der Waals surface area contributed by atoms with Gasteiger partial charge in [-0.1, -0.05) is 60.5 Å². The van der Waals surface area contributed by atoms with Crippen LogP contribution in [0.3, 0.4) is 0 Å². The van der Waals surface area contributed by atoms with Crippen molar-refractivity contribution in [3.05, 3.63) is 65.2 Å². The Kier molecular flexibility index (Phi) is 4.33. The molecule has 0 saturated heterocycles. The van der Waals surface area contributed by atoms with Crippen LogP contribution in [0.4, 0.5) is 5.69 Å². The van der Waals surface area contributed by atoms with Crippen LogP contribution in [0.2, 0.25) is 0 Å². The predicted molar refractivity (Wildman–Crippen MR) is 112 cm³/mol. The van der Waals surface area contributed by atoms with Gasteiger partial charge in [0.25, 0.3) is 0 Å². The SMILES string of the molecule is CCCC1(C)C(=O)C(C2=NS(O)(O)c3ccccc3N2)=C(O)c2ccccc21. The molecule has 0 fully saturated rings. The molecule has 4 rings (SSSR count). The van der Waals surface area contributed by atoms with Crippen molar-refractivity contribution in [2.24, 2.45) is 4.40 Å². The number of amidine groups is 1. The largest absolute Gasteiger partial charge is 0.506 e. The van der Waals surface area contributed by atoms with Gasteiger partial charge in [-0.25, -0.2) is 0 Å². The van der Waals surface area contributed by atoms with Crippen LogP contribution in [0.1, 0.15) is 37.8 Å². The van der Waals surface area contributed by atoms with Crippen molar-refractivity contribution in [2.45, 2.75) is 37.0 Å². The third-order valence-electron chi connectivity index (χ3n) is 5.38. The quantitative estimate of drug-likeness (QED) is 0.573. The molecule has 2 aromatic rings. The van der Waals surface area contributed by atoms with Gasteiger partial charge in [-0.2, -0.15) is 0 Å². The first-order valence-electron chi connectivity index (χ1n) is 9.12. The lowest BCUT2D eigenvalue weighted by Gasteiger charge is -2.38. The van der Waals surface area contributed by atoms with E-state index in [0.29, 0.717) is 17.7 Å². The monoisotopic (exact) mass is 398 g/mol. The average Bonchev–Trinajstić information content (AvgIpc) is 2.67. The summed E-state index contributed by atoms with van der Waals surface area (Å²) in [6.07, 6.45) is 1.38. The van der Waals surface area contributed by atoms with E-state index in [4.69, 9.17) is 0 Å². The predicted octanol–water partition coefficient (Wildman–Crippen LogP) is 5.14. The molecule has 0 radical (unpaired) electrons. The molecule has 0 aromatic heterocycles. The van der Waals surface area contributed by atoms with Crippen molar-refractivity contribution in [1.82, 2.24) is 0 Å². The summed E-state index contributed by atoms with van der Waals surface area (Å²) >= 11 is 0. The number of aliphatic hydroxyl groups excluding tert-OH is 1. The van der Waals surface area contributed by atoms with E-state index in [9.17, 15) is 19.0 Å². The maximum Gasteiger partial charge on any atom is 0.180 e. The second-order valence-corrected chi connectivity index (χ2v) is 8.92. The number of hydrogen-bond acceptors (Lipinski definition) is 6. The molecule has 0 spiro atoms. The number of rotatable bonds is 3. The zero-order valence-electron chi connectivity index (χ0n) is 15.6. The van der Waals surface area contributed by atoms with Crippen molar-refractivity contribution in [2.75, 3.05) is 5.32 Å². The molecule has 7 heteroatoms. The Morgan fingerprint density at radius 2 is 1.79 bits per heavy atom. The molecule has 146 valence electrons. The fourth-order valence-corrected chi connectivity index (χ4v) is 5.19. The summed E-state index contributed by atoms with van der Waals surface area (Å²) in [7, 11) is -3.49. The Bertz CT molecular complexity index is 1040. The molecule has 1 aliphatic heterocycles. The van der Waals surface area contributed by atoms with E-state index < -0.39 is 16.2 Å². The van der Waals surface area contributed by atoms with Crippen LogP contribution in [-0.4, -0.2) is 25.8 Å². The molecule has 4 N–H and O–H groups in total. The summed E-state index contributed by atoms with van der Waals surface area (Å²) in [6.45, 7) is 3.86. The van der Waals surface area contributed by atoms with Gasteiger partial charge in [0.1, 0.15) is 16.2 Å². The number of nitrogens with zero attached hydrogens (tertiary/aromatic N) is 1. The molecule has 28 heavy (non-hydrogen) atoms. The van der Waals surface area contributed by atoms with Gasteiger partial charge in [-0.05, 0) is 31.0 Å². The molecular weight excluding hydrogens is 376 g/mol. The summed E-state index contributed by atoms with van der Waals surface area (Å²) in [6, 6.07) is 14.0. The Balaban J connectivity index is 1.93. The zero-order valence-corrected chi connectivity index (χ0v) is 16.5. The third kappa shape index (κ3) is 2.66. The molecular formula is C21H22N2O4S. The molecule has 0 amide bonds. The third-order valence-corrected chi connectivity index (χ3v) is 6.77. The van der Waals surface area contributed by atoms with E-state index >= 15 is 0 Å². The Hall–Kier alpha value is -2.61. The van der Waals surface area contributed by atoms with Crippen LogP contribution in [0.15, 0.2) is 63.4 Å². The maximum absolute atomic E-state index is 13.5. The second-order valence-electron chi connectivity index (χ2n) is 7.26. The highest BCUT2D eigenvalue weighted by Crippen LogP contribution is 2.56. The number of carbonyl (C=O) groups is 1. The number of fused-ring (bicyclic) bond motifs is 2. The minimum Gasteiger partial charge on any atom is -0.506 e. The first-order valence-corrected chi connectivity index (χ1v) is 10.6. The van der Waals surface area contributed by atoms with Gasteiger partial charge in [-0.3, -0.25) is 13.9 Å². The van der Waals surface area contributed by atoms with Crippen LogP contribution >= 0.6 is 10.8 Å². The van der Waals surface area contributed by atoms with Gasteiger partial charge in [-0.15, -0.1) is 4.40 Å². The van der Waals surface area contributed by atoms with Crippen molar-refractivity contribution < 1.29 is 19.0 Å². The highest BCUT2D eigenvalue weighted by molar-refractivity contribution is 8.23. The van der Waals surface area contributed by atoms with Crippen molar-refractivity contribution in [1.29, 1.82) is 0 Å². The normalized spacial score (nSPS) is 24.0. The number of nitrogens with one attached hydrogen (secondary N) is 1. The van der Waals surface area contributed by atoms with Crippen LogP contribution < -0.4 is 5.32 Å². The van der Waals surface area contributed by atoms with E-state index in [1.54, 1.807) is 36.4 Å². The number of carbonyl (C=O) groups excluding carboxylic acids is 1. The van der Waals surface area contributed by atoms with E-state index in [-0.39, 0.29) is 27.8 Å². The first kappa shape index (κ1) is 18.7. The van der Waals surface area contributed by atoms with Crippen LogP contribution in [0.25, 0.3) is 5.76 Å². The summed E-state index contributed by atoms with van der Waals surface area (Å²) in [5.74, 6) is -0.501. The zero-order chi connectivity index (χ0) is 20.1. The second kappa shape index (κ2) is 6.48. The smallest absolute Gasteiger partial charge is 0.180 e. The fourth-order valence-electron chi connectivity index (χ4n) is 4.02. The van der Waals surface area contributed by atoms with Crippen LogP contribution in [0.5, 0.6) is 0 Å². The summed E-state index contributed by atoms with van der Waals surface area (Å²) in [4.78, 5) is 13.8. The molecule has 2 aliphatic rings. The number of para-hydroxylation sites is 1. The number of anilines is 1. The summed E-state index contributed by atoms with van der Waals surface area (Å²) in [5, 5.41) is 14.0. The van der Waals surface area contributed by atoms with E-state index in [1.807, 2.05) is 26.0 Å². The van der Waals surface area contributed by atoms with Gasteiger partial charge in [0.2, 0.25) is 0 Å². The van der Waals surface area contributed by atoms with Crippen LogP contribution in [0, 0.1) is 0 Å². The topological polar surface area (TPSA) is 102 Å². The van der Waals surface area contributed by atoms with Crippen molar-refractivity contribution >= 4 is 33.8 Å². The van der Waals surface area contributed by atoms with E-state index in [0.717, 1.165) is 12.0 Å². The molecule has 1 aliphatic carbocycles. The highest BCUT2D eigenvalue weighted by Gasteiger charge is 2.46. The summed E-state index contributed by atoms with van der Waals surface area (Å²) < 4.78 is 25.1. The van der Waals surface area contributed by atoms with Gasteiger partial charge in [0, 0.05) is 5.56 Å². The molecule has 6 nitrogen and oxygen atoms in total. The molecule has 1 heterocycles. The molecule has 0 saturated carbocycles. The van der Waals surface area contributed by atoms with Gasteiger partial charge < -0.3 is 10.4 Å². The Morgan fingerprint density at radius 1 is 1.11 bits per heavy atom. The minimum atomic E-state index is -3.49. The van der Waals surface area contributed by atoms with Gasteiger partial charge in [0.05, 0.1) is 11.1 Å². The standard InChI is InChI=1S/C21H22N2O4S/c1-3-12-21(2)14-9-5-4-8-13(14)18(24)17(19(21)25)20-22-15-10-6-7-11-16(15)28(26,27)23-20/h4-11,24,26-27H,3,12H2,1-2H3,(H,22,23). The van der Waals surface area contributed by atoms with Crippen molar-refractivity contribution in [3.63, 3.8) is 0 Å². The van der Waals surface area contributed by atoms with E-state index in [2.05, 4.69) is 9.71 Å². The molecule has 1 atom stereocenters. The molecule has 1 unspecified atom stereocenters. The van der Waals surface area contributed by atoms with Crippen LogP contribution in [-0.2, 0) is 10.2 Å². The fraction of sp³-hybridized carbons (Fsp3) is 0.238. The number of aliphatic hydroxyl groups is 1. The Morgan fingerprint density at radius 3 is 2.54 bits per heavy atom. The number of Topliss-reactive ketones (excluding diaryl/α,β-unsaturated/α-hetero) is 1. The van der Waals surface area contributed by atoms with Crippen molar-refractivity contribution in [3.8, 4) is 0 Å². The molecule has 0 bridgehead atoms. The number of ketones is 1. The summed E-state index contributed by atoms with van der Waals surface area (Å²) in [5.41, 5.74) is 0.942. The Labute approximate surface area is 165 Å². The van der Waals surface area contributed by atoms with Gasteiger partial charge >= 0.3 is 0 Å². The maximum atomic E-state index is 13.5. The average molecular weight is 398 g/mol. The highest BCUT2D eigenvalue weighted by atomic mass is 32.3. The van der Waals surface area contributed by atoms with E-state index in [1.165, 1.54) is 0 Å². The van der Waals surface area contributed by atoms with Gasteiger partial charge in [0.15, 0.2) is 11.6 Å².